The minimum absolute atomic E-state index is 0.275. The zero-order valence-electron chi connectivity index (χ0n) is 16.7. The average Bonchev–Trinajstić information content (AvgIpc) is 2.60. The van der Waals surface area contributed by atoms with Gasteiger partial charge >= 0.3 is 14.5 Å². The third-order valence-electron chi connectivity index (χ3n) is 4.97. The van der Waals surface area contributed by atoms with Crippen LogP contribution in [0.1, 0.15) is 37.5 Å². The van der Waals surface area contributed by atoms with Gasteiger partial charge in [-0.05, 0) is 31.0 Å². The van der Waals surface area contributed by atoms with E-state index in [2.05, 4.69) is 95.2 Å². The first-order chi connectivity index (χ1) is 11.9. The Morgan fingerprint density at radius 2 is 1.64 bits per heavy atom. The van der Waals surface area contributed by atoms with Gasteiger partial charge in [0, 0.05) is 26.2 Å². The van der Waals surface area contributed by atoms with E-state index in [0.717, 1.165) is 6.42 Å². The number of anilines is 1. The molecule has 0 saturated heterocycles. The van der Waals surface area contributed by atoms with Gasteiger partial charge in [-0.1, -0.05) is 72.4 Å². The summed E-state index contributed by atoms with van der Waals surface area (Å²) in [5.41, 5.74) is 4.94. The molecular weight excluding hydrogens is 321 g/mol. The third-order valence-corrected chi connectivity index (χ3v) is 7.64. The Kier molecular flexibility index (Phi) is 7.14. The minimum atomic E-state index is -1.19. The monoisotopic (exact) mass is 353 g/mol. The van der Waals surface area contributed by atoms with Gasteiger partial charge in [0.05, 0.1) is 5.60 Å². The Morgan fingerprint density at radius 1 is 1.00 bits per heavy atom. The third kappa shape index (κ3) is 5.11. The van der Waals surface area contributed by atoms with E-state index >= 15 is 0 Å². The fourth-order valence-corrected chi connectivity index (χ4v) is 5.35. The fourth-order valence-electron chi connectivity index (χ4n) is 3.48. The number of hydrogen-bond donors (Lipinski definition) is 0. The highest BCUT2D eigenvalue weighted by atomic mass is 27.2. The van der Waals surface area contributed by atoms with Crippen molar-refractivity contribution in [2.24, 2.45) is 0 Å². The van der Waals surface area contributed by atoms with Crippen molar-refractivity contribution in [1.82, 2.24) is 0 Å². The first kappa shape index (κ1) is 20.0. The van der Waals surface area contributed by atoms with Crippen LogP contribution in [-0.2, 0) is 15.8 Å². The summed E-state index contributed by atoms with van der Waals surface area (Å²) in [6.07, 6.45) is 0.899. The zero-order chi connectivity index (χ0) is 18.4. The molecule has 1 atom stereocenters. The lowest BCUT2D eigenvalue weighted by atomic mass is 9.88. The van der Waals surface area contributed by atoms with Gasteiger partial charge in [-0.2, -0.15) is 0 Å². The summed E-state index contributed by atoms with van der Waals surface area (Å²) in [5.74, 6) is 0. The minimum Gasteiger partial charge on any atom is -0.492 e. The van der Waals surface area contributed by atoms with Crippen molar-refractivity contribution in [2.75, 3.05) is 19.0 Å². The normalized spacial score (nSPS) is 13.4. The van der Waals surface area contributed by atoms with Gasteiger partial charge in [-0.25, -0.2) is 0 Å². The summed E-state index contributed by atoms with van der Waals surface area (Å²) in [5, 5.41) is 2.35. The molecule has 0 aliphatic rings. The van der Waals surface area contributed by atoms with E-state index in [1.54, 1.807) is 0 Å². The van der Waals surface area contributed by atoms with Crippen LogP contribution in [0.5, 0.6) is 0 Å². The lowest BCUT2D eigenvalue weighted by Crippen LogP contribution is -2.35. The van der Waals surface area contributed by atoms with E-state index < -0.39 is 14.5 Å². The Morgan fingerprint density at radius 3 is 2.20 bits per heavy atom. The first-order valence-electron chi connectivity index (χ1n) is 9.39. The molecule has 0 spiro atoms. The molecule has 2 rings (SSSR count). The van der Waals surface area contributed by atoms with Crippen LogP contribution in [0.25, 0.3) is 0 Å². The van der Waals surface area contributed by atoms with E-state index in [1.807, 2.05) is 0 Å². The smallest absolute Gasteiger partial charge is 0.460 e. The molecule has 0 aliphatic carbocycles. The van der Waals surface area contributed by atoms with Crippen LogP contribution in [0.2, 0.25) is 10.6 Å². The largest absolute Gasteiger partial charge is 0.492 e. The predicted octanol–water partition coefficient (Wildman–Crippen LogP) is 5.57. The predicted molar refractivity (Wildman–Crippen MR) is 111 cm³/mol. The second kappa shape index (κ2) is 8.90. The molecule has 2 aromatic carbocycles. The van der Waals surface area contributed by atoms with E-state index in [-0.39, 0.29) is 5.60 Å². The van der Waals surface area contributed by atoms with Crippen LogP contribution in [0.3, 0.4) is 0 Å². The van der Waals surface area contributed by atoms with Gasteiger partial charge in [0.1, 0.15) is 0 Å². The Hall–Kier alpha value is -1.27. The standard InChI is InChI=1S/C18H22NO.2C2H5.Al/c1-14-10-11-17(19(3)4)15(12-14)13-18(2,20)16-8-6-5-7-9-16;2*1-2;/h5-12H,13H2,1-4H3;2*1H2,2H3;/q-1;;;+1/t18-;;;/m1.../s1. The van der Waals surface area contributed by atoms with E-state index in [0.29, 0.717) is 0 Å². The van der Waals surface area contributed by atoms with E-state index in [4.69, 9.17) is 3.79 Å². The molecule has 0 aliphatic heterocycles. The molecule has 0 bridgehead atoms. The van der Waals surface area contributed by atoms with Crippen molar-refractivity contribution in [3.63, 3.8) is 0 Å². The van der Waals surface area contributed by atoms with Crippen molar-refractivity contribution in [3.05, 3.63) is 65.2 Å². The Balaban J connectivity index is 2.45. The second-order valence-electron chi connectivity index (χ2n) is 7.36. The molecule has 0 fully saturated rings. The quantitative estimate of drug-likeness (QED) is 0.576. The molecule has 134 valence electrons. The summed E-state index contributed by atoms with van der Waals surface area (Å²) >= 11 is -1.19. The van der Waals surface area contributed by atoms with E-state index in [1.165, 1.54) is 32.9 Å². The highest BCUT2D eigenvalue weighted by molar-refractivity contribution is 6.51. The molecule has 0 unspecified atom stereocenters. The lowest BCUT2D eigenvalue weighted by molar-refractivity contribution is 0.0841. The zero-order valence-corrected chi connectivity index (χ0v) is 17.8. The first-order valence-corrected chi connectivity index (χ1v) is 11.5. The van der Waals surface area contributed by atoms with Crippen molar-refractivity contribution in [2.45, 2.75) is 50.3 Å². The number of nitrogens with zero attached hydrogens (tertiary/aromatic N) is 1. The van der Waals surface area contributed by atoms with Crippen molar-refractivity contribution >= 4 is 20.2 Å². The van der Waals surface area contributed by atoms with Gasteiger partial charge in [0.15, 0.2) is 0 Å². The maximum Gasteiger partial charge on any atom is 0.460 e. The van der Waals surface area contributed by atoms with Crippen LogP contribution in [0.4, 0.5) is 5.69 Å². The van der Waals surface area contributed by atoms with Crippen LogP contribution >= 0.6 is 0 Å². The van der Waals surface area contributed by atoms with Gasteiger partial charge in [0.2, 0.25) is 0 Å². The van der Waals surface area contributed by atoms with Gasteiger partial charge in [0.25, 0.3) is 0 Å². The molecule has 0 N–H and O–H groups in total. The summed E-state index contributed by atoms with van der Waals surface area (Å²) in [6.45, 7) is 8.97. The van der Waals surface area contributed by atoms with Crippen molar-refractivity contribution in [1.29, 1.82) is 0 Å². The van der Waals surface area contributed by atoms with Crippen molar-refractivity contribution in [3.8, 4) is 0 Å². The van der Waals surface area contributed by atoms with Crippen molar-refractivity contribution < 1.29 is 3.79 Å². The number of rotatable bonds is 8. The highest BCUT2D eigenvalue weighted by Crippen LogP contribution is 2.34. The fraction of sp³-hybridized carbons (Fsp3) is 0.455. The summed E-state index contributed by atoms with van der Waals surface area (Å²) in [7, 11) is 4.23. The van der Waals surface area contributed by atoms with Gasteiger partial charge < -0.3 is 8.69 Å². The summed E-state index contributed by atoms with van der Waals surface area (Å²) < 4.78 is 6.82. The molecule has 0 radical (unpaired) electrons. The van der Waals surface area contributed by atoms with Crippen LogP contribution < -0.4 is 4.90 Å². The molecular formula is C22H32AlNO. The SMILES string of the molecule is C[CH2][Al]([CH2]C)[O][C@](C)(Cc1cc(C)ccc1N(C)C)c1ccccc1. The lowest BCUT2D eigenvalue weighted by Gasteiger charge is -2.36. The summed E-state index contributed by atoms with van der Waals surface area (Å²) in [4.78, 5) is 2.20. The molecule has 0 aromatic heterocycles. The maximum absolute atomic E-state index is 6.82. The van der Waals surface area contributed by atoms with Crippen LogP contribution in [0.15, 0.2) is 48.5 Å². The number of aryl methyl sites for hydroxylation is 1. The molecule has 2 aromatic rings. The molecule has 0 heterocycles. The topological polar surface area (TPSA) is 12.5 Å². The second-order valence-corrected chi connectivity index (χ2v) is 10.5. The van der Waals surface area contributed by atoms with E-state index in [9.17, 15) is 0 Å². The highest BCUT2D eigenvalue weighted by Gasteiger charge is 2.33. The summed E-state index contributed by atoms with van der Waals surface area (Å²) in [6, 6.07) is 17.5. The average molecular weight is 353 g/mol. The van der Waals surface area contributed by atoms with Gasteiger partial charge in [-0.15, -0.1) is 0 Å². The van der Waals surface area contributed by atoms with Gasteiger partial charge in [-0.3, -0.25) is 0 Å². The molecule has 3 heteroatoms. The van der Waals surface area contributed by atoms with Crippen LogP contribution in [0, 0.1) is 6.92 Å². The Labute approximate surface area is 158 Å². The maximum atomic E-state index is 6.82. The number of benzene rings is 2. The van der Waals surface area contributed by atoms with Crippen LogP contribution in [-0.4, -0.2) is 28.6 Å². The molecule has 25 heavy (non-hydrogen) atoms. The Bertz CT molecular complexity index is 667. The number of hydrogen-bond acceptors (Lipinski definition) is 2. The molecule has 0 saturated carbocycles. The molecule has 0 amide bonds. The molecule has 2 nitrogen and oxygen atoms in total.